The van der Waals surface area contributed by atoms with E-state index in [4.69, 9.17) is 4.74 Å². The molecule has 37 rings (SSSR count). The predicted molar refractivity (Wildman–Crippen MR) is 353 cm³/mol. The van der Waals surface area contributed by atoms with Gasteiger partial charge in [0.05, 0.1) is 0 Å². The Labute approximate surface area is 477 Å². The van der Waals surface area contributed by atoms with Gasteiger partial charge in [0.25, 0.3) is 0 Å². The fourth-order valence-electron chi connectivity index (χ4n) is 32.9. The fraction of sp³-hybridized carbons (Fsp3) is 0.253. The van der Waals surface area contributed by atoms with Crippen molar-refractivity contribution in [2.24, 2.45) is 40.4 Å². The van der Waals surface area contributed by atoms with E-state index in [2.05, 4.69) is 19.9 Å². The van der Waals surface area contributed by atoms with Crippen molar-refractivity contribution in [3.63, 3.8) is 0 Å². The highest BCUT2D eigenvalue weighted by Crippen LogP contribution is 2.89. The highest BCUT2D eigenvalue weighted by Gasteiger charge is 2.79. The molecule has 8 atom stereocenters. The molecule has 2 spiro atoms. The number of benzene rings is 18. The van der Waals surface area contributed by atoms with Gasteiger partial charge in [-0.2, -0.15) is 0 Å². The van der Waals surface area contributed by atoms with Crippen molar-refractivity contribution in [1.29, 1.82) is 0 Å². The molecule has 3 nitrogen and oxygen atoms in total. The highest BCUT2D eigenvalue weighted by atomic mass is 16.5. The van der Waals surface area contributed by atoms with Crippen molar-refractivity contribution in [2.75, 3.05) is 0 Å². The van der Waals surface area contributed by atoms with Gasteiger partial charge in [-0.15, -0.1) is 0 Å². The van der Waals surface area contributed by atoms with E-state index in [0.29, 0.717) is 30.0 Å². The van der Waals surface area contributed by atoms with Gasteiger partial charge >= 0.3 is 5.97 Å². The number of carbonyl (C=O) groups is 2. The van der Waals surface area contributed by atoms with E-state index >= 15 is 4.79 Å². The van der Waals surface area contributed by atoms with Gasteiger partial charge in [0.2, 0.25) is 0 Å². The van der Waals surface area contributed by atoms with E-state index in [0.717, 1.165) is 38.5 Å². The number of rotatable bonds is 1. The van der Waals surface area contributed by atoms with Crippen molar-refractivity contribution in [3.05, 3.63) is 33.9 Å². The number of hydrogen-bond acceptors (Lipinski definition) is 3. The predicted octanol–water partition coefficient (Wildman–Crippen LogP) is 21.0. The molecule has 0 radical (unpaired) electrons. The summed E-state index contributed by atoms with van der Waals surface area (Å²) in [5, 5.41) is 88.6. The summed E-state index contributed by atoms with van der Waals surface area (Å²) in [6.45, 7) is 6.94. The Morgan fingerprint density at radius 2 is 0.709 bits per heavy atom. The zero-order valence-corrected chi connectivity index (χ0v) is 46.4. The lowest BCUT2D eigenvalue weighted by atomic mass is 9.38. The number of ketones is 1. The summed E-state index contributed by atoms with van der Waals surface area (Å²) in [5.41, 5.74) is 7.51. The van der Waals surface area contributed by atoms with E-state index < -0.39 is 10.8 Å². The third-order valence-corrected chi connectivity index (χ3v) is 33.4. The van der Waals surface area contributed by atoms with Gasteiger partial charge < -0.3 is 4.74 Å². The molecule has 86 heavy (non-hydrogen) atoms. The summed E-state index contributed by atoms with van der Waals surface area (Å²) in [5.74, 6) is 2.24. The van der Waals surface area contributed by atoms with Gasteiger partial charge in [-0.3, -0.25) is 9.59 Å². The second-order valence-corrected chi connectivity index (χ2v) is 33.7. The minimum Gasteiger partial charge on any atom is -0.462 e. The van der Waals surface area contributed by atoms with Gasteiger partial charge in [-0.1, -0.05) is 25.5 Å². The molecule has 0 amide bonds. The molecule has 0 bridgehead atoms. The summed E-state index contributed by atoms with van der Waals surface area (Å²) >= 11 is 0. The SMILES string of the molecule is CC(=O)O[C@H]1CC[C@@]2(C)C(=CC[C@@H]3[C@@H]2CC[C@]2(C)C4C(=O)CC56c7c8c9c%10c%11c%12c(c%13c%14c5c5c7c7c%15c8c8c9c9c%11c%11c%16c%12c%12c%13c%13c%14c%14c5c5c7c7c%15c%15c8c8c9c%11c9c%11c%16c%12c%12c%13c%13c%14c5c5c7c7c%15c8c9c8c%11c%12c%13c5c78)C%106C4C[C@@H]32)C1. The molecule has 4 saturated carbocycles. The van der Waals surface area contributed by atoms with E-state index in [1.165, 1.54) is 6.42 Å². The normalized spacial score (nSPS) is 32.3. The van der Waals surface area contributed by atoms with Gasteiger partial charge in [0.15, 0.2) is 0 Å². The Morgan fingerprint density at radius 3 is 1.03 bits per heavy atom. The van der Waals surface area contributed by atoms with E-state index in [-0.39, 0.29) is 34.7 Å². The van der Waals surface area contributed by atoms with E-state index in [1.54, 1.807) is 326 Å². The minimum atomic E-state index is -0.513. The molecule has 0 N–H and O–H groups in total. The lowest BCUT2D eigenvalue weighted by Crippen LogP contribution is -2.63. The Balaban J connectivity index is 0.878. The van der Waals surface area contributed by atoms with Crippen LogP contribution in [0.25, 0.3) is 291 Å². The quantitative estimate of drug-likeness (QED) is 0.0935. The molecule has 28 aromatic carbocycles. The summed E-state index contributed by atoms with van der Waals surface area (Å²) in [7, 11) is 0. The van der Waals surface area contributed by atoms with Gasteiger partial charge in [0.1, 0.15) is 11.9 Å². The molecule has 0 heterocycles. The topological polar surface area (TPSA) is 43.4 Å². The summed E-state index contributed by atoms with van der Waals surface area (Å²) in [6.07, 6.45) is 10.8. The number of Topliss-reactive ketones (excluding diaryl/α,β-unsaturated/α-hetero) is 1. The van der Waals surface area contributed by atoms with Gasteiger partial charge in [-0.05, 0) is 386 Å². The lowest BCUT2D eigenvalue weighted by molar-refractivity contribution is -0.149. The summed E-state index contributed by atoms with van der Waals surface area (Å²) < 4.78 is 6.02. The van der Waals surface area contributed by atoms with Crippen LogP contribution in [0.4, 0.5) is 0 Å². The zero-order chi connectivity index (χ0) is 52.8. The Morgan fingerprint density at radius 1 is 0.395 bits per heavy atom. The monoisotopic (exact) mass is 1080 g/mol. The molecular formula is C83H32O3. The first kappa shape index (κ1) is 35.7. The number of carbonyl (C=O) groups excluding carboxylic acids is 2. The van der Waals surface area contributed by atoms with E-state index in [9.17, 15) is 4.79 Å². The van der Waals surface area contributed by atoms with Crippen LogP contribution >= 0.6 is 0 Å². The zero-order valence-electron chi connectivity index (χ0n) is 46.4. The van der Waals surface area contributed by atoms with Crippen LogP contribution in [-0.4, -0.2) is 17.9 Å². The molecule has 0 aliphatic heterocycles. The number of allylic oxidation sites excluding steroid dienone is 1. The van der Waals surface area contributed by atoms with Crippen LogP contribution < -0.4 is 0 Å². The Kier molecular flexibility index (Phi) is 3.51. The second-order valence-electron chi connectivity index (χ2n) is 33.7. The molecule has 0 aromatic heterocycles. The van der Waals surface area contributed by atoms with Crippen molar-refractivity contribution < 1.29 is 14.3 Å². The summed E-state index contributed by atoms with van der Waals surface area (Å²) in [6, 6.07) is 0. The van der Waals surface area contributed by atoms with Gasteiger partial charge in [0, 0.05) is 36.5 Å². The average molecular weight is 1080 g/mol. The fourth-order valence-corrected chi connectivity index (χ4v) is 32.9. The first-order valence-electron chi connectivity index (χ1n) is 33.5. The maximum atomic E-state index is 17.6. The van der Waals surface area contributed by atoms with Crippen LogP contribution in [0.5, 0.6) is 0 Å². The molecule has 0 saturated heterocycles. The molecule has 3 heteroatoms. The van der Waals surface area contributed by atoms with Crippen LogP contribution in [0.15, 0.2) is 11.6 Å². The molecule has 9 aliphatic carbocycles. The molecule has 9 aliphatic rings. The number of hydrogen-bond donors (Lipinski definition) is 0. The number of esters is 1. The van der Waals surface area contributed by atoms with Crippen LogP contribution in [0, 0.1) is 40.4 Å². The largest absolute Gasteiger partial charge is 0.462 e. The third kappa shape index (κ3) is 2.11. The maximum absolute atomic E-state index is 17.6. The molecule has 28 aromatic rings. The second kappa shape index (κ2) is 8.46. The van der Waals surface area contributed by atoms with Crippen molar-refractivity contribution in [2.45, 2.75) is 89.1 Å². The minimum absolute atomic E-state index is 0.00108. The average Bonchev–Trinajstić information content (AvgIpc) is 1.38. The standard InChI is InChI=1S/C83H32O3/c1-13(84)86-15-6-8-80(2)14(10-15)4-5-16-17(80)7-9-81(3)18(16)11-19-75(81)20(85)12-82-76-67-59-49-39-31-23-21-22-25-29-27(23)35-43-37(29)47-41-33(25)34-26(22)30-28-24(21)32(31)40-46-36(28)44-38(30)48-42(34)52-51(41)63-57(47)65-55(43)61(53(59)45(35)39)69(76)71(65)78-73(63)74-64(52)58(48)66-56(44)62-54(46)60(50(40)49)68(67)77(82)70(62)72(66)79(74)83(19,78)82/h4,15-19,75H,5-12H2,1-3H3/t15-,16+,17-,18-,19?,75?,80-,81-,82?,83?/m0/s1. The molecule has 4 fully saturated rings. The summed E-state index contributed by atoms with van der Waals surface area (Å²) in [4.78, 5) is 30.0. The smallest absolute Gasteiger partial charge is 0.302 e. The number of fused-ring (bicyclic) bond motifs is 7. The molecule has 382 valence electrons. The molecule has 2 unspecified atom stereocenters. The number of ether oxygens (including phenoxy) is 1. The first-order chi connectivity index (χ1) is 42.3. The highest BCUT2D eigenvalue weighted by molar-refractivity contribution is 6.82. The van der Waals surface area contributed by atoms with Crippen molar-refractivity contribution >= 4 is 303 Å². The van der Waals surface area contributed by atoms with Crippen molar-refractivity contribution in [1.82, 2.24) is 0 Å². The van der Waals surface area contributed by atoms with Crippen LogP contribution in [0.2, 0.25) is 0 Å². The Hall–Kier alpha value is -8.66. The van der Waals surface area contributed by atoms with E-state index in [1.807, 2.05) is 0 Å². The molecular weight excluding hydrogens is 1040 g/mol. The van der Waals surface area contributed by atoms with Crippen LogP contribution in [0.3, 0.4) is 0 Å². The third-order valence-electron chi connectivity index (χ3n) is 33.4. The van der Waals surface area contributed by atoms with Crippen LogP contribution in [0.1, 0.15) is 94.4 Å². The lowest BCUT2D eigenvalue weighted by Gasteiger charge is -2.62. The van der Waals surface area contributed by atoms with Crippen molar-refractivity contribution in [3.8, 4) is 0 Å². The van der Waals surface area contributed by atoms with Crippen LogP contribution in [-0.2, 0) is 25.2 Å². The first-order valence-corrected chi connectivity index (χ1v) is 33.5. The maximum Gasteiger partial charge on any atom is 0.302 e. The van der Waals surface area contributed by atoms with Gasteiger partial charge in [-0.25, -0.2) is 0 Å². The Bertz CT molecular complexity index is 7880.